The highest BCUT2D eigenvalue weighted by molar-refractivity contribution is 7.99. The van der Waals surface area contributed by atoms with E-state index < -0.39 is 0 Å². The highest BCUT2D eigenvalue weighted by atomic mass is 32.2. The van der Waals surface area contributed by atoms with Crippen LogP contribution in [0.15, 0.2) is 53.7 Å². The molecule has 0 aliphatic carbocycles. The lowest BCUT2D eigenvalue weighted by molar-refractivity contribution is 0.102. The van der Waals surface area contributed by atoms with Crippen molar-refractivity contribution in [2.24, 2.45) is 0 Å². The average molecular weight is 475 g/mol. The molecule has 0 amide bonds. The van der Waals surface area contributed by atoms with E-state index in [1.807, 2.05) is 61.7 Å². The molecule has 7 nitrogen and oxygen atoms in total. The Morgan fingerprint density at radius 2 is 1.68 bits per heavy atom. The van der Waals surface area contributed by atoms with Crippen LogP contribution in [0.4, 0.5) is 0 Å². The lowest BCUT2D eigenvalue weighted by Crippen LogP contribution is -2.15. The van der Waals surface area contributed by atoms with Crippen molar-refractivity contribution in [1.82, 2.24) is 19.3 Å². The molecule has 0 fully saturated rings. The Hall–Kier alpha value is -3.52. The Morgan fingerprint density at radius 3 is 2.47 bits per heavy atom. The van der Waals surface area contributed by atoms with Crippen LogP contribution < -0.4 is 9.47 Å². The zero-order valence-electron chi connectivity index (χ0n) is 19.7. The van der Waals surface area contributed by atoms with Crippen LogP contribution in [-0.4, -0.2) is 44.1 Å². The van der Waals surface area contributed by atoms with Crippen molar-refractivity contribution >= 4 is 17.5 Å². The van der Waals surface area contributed by atoms with Gasteiger partial charge < -0.3 is 14.0 Å². The maximum Gasteiger partial charge on any atom is 0.196 e. The molecule has 2 aromatic carbocycles. The molecule has 0 unspecified atom stereocenters. The number of Topliss-reactive ketones (excluding diaryl/α,β-unsaturated/α-hetero) is 1. The molecule has 0 radical (unpaired) electrons. The highest BCUT2D eigenvalue weighted by Gasteiger charge is 2.20. The van der Waals surface area contributed by atoms with Gasteiger partial charge in [-0.1, -0.05) is 23.9 Å². The molecule has 3 heterocycles. The molecule has 4 aromatic rings. The number of fused-ring (bicyclic) bond motifs is 1. The second kappa shape index (κ2) is 9.02. The van der Waals surface area contributed by atoms with Crippen molar-refractivity contribution in [3.05, 3.63) is 76.9 Å². The summed E-state index contributed by atoms with van der Waals surface area (Å²) in [6, 6.07) is 16.0. The molecule has 1 aliphatic rings. The summed E-state index contributed by atoms with van der Waals surface area (Å²) in [6.07, 6.45) is 0. The van der Waals surface area contributed by atoms with Gasteiger partial charge in [0.1, 0.15) is 19.0 Å². The number of nitrogens with zero attached hydrogens (tertiary/aromatic N) is 4. The molecule has 0 saturated carbocycles. The third kappa shape index (κ3) is 4.09. The molecular formula is C26H26N4O3S. The molecule has 0 N–H and O–H groups in total. The molecule has 1 aliphatic heterocycles. The smallest absolute Gasteiger partial charge is 0.196 e. The van der Waals surface area contributed by atoms with E-state index >= 15 is 0 Å². The minimum absolute atomic E-state index is 0.0540. The largest absolute Gasteiger partial charge is 0.486 e. The predicted molar refractivity (Wildman–Crippen MR) is 132 cm³/mol. The van der Waals surface area contributed by atoms with Crippen LogP contribution in [0.1, 0.15) is 33.1 Å². The van der Waals surface area contributed by atoms with E-state index in [2.05, 4.69) is 33.8 Å². The number of thioether (sulfide) groups is 1. The summed E-state index contributed by atoms with van der Waals surface area (Å²) in [5, 5.41) is 9.26. The van der Waals surface area contributed by atoms with E-state index in [1.54, 1.807) is 0 Å². The molecule has 0 spiro atoms. The van der Waals surface area contributed by atoms with Crippen LogP contribution in [0, 0.1) is 27.7 Å². The van der Waals surface area contributed by atoms with Gasteiger partial charge in [0.2, 0.25) is 0 Å². The molecule has 0 atom stereocenters. The molecule has 174 valence electrons. The van der Waals surface area contributed by atoms with Crippen molar-refractivity contribution in [3.63, 3.8) is 0 Å². The average Bonchev–Trinajstić information content (AvgIpc) is 3.35. The first-order chi connectivity index (χ1) is 16.4. The number of benzene rings is 2. The van der Waals surface area contributed by atoms with Crippen LogP contribution in [0.2, 0.25) is 0 Å². The number of aryl methyl sites for hydroxylation is 3. The highest BCUT2D eigenvalue weighted by Crippen LogP contribution is 2.34. The van der Waals surface area contributed by atoms with Crippen LogP contribution in [0.25, 0.3) is 11.4 Å². The van der Waals surface area contributed by atoms with E-state index in [1.165, 1.54) is 11.8 Å². The summed E-state index contributed by atoms with van der Waals surface area (Å²) in [5.74, 6) is 2.59. The van der Waals surface area contributed by atoms with E-state index in [4.69, 9.17) is 9.47 Å². The van der Waals surface area contributed by atoms with Crippen LogP contribution in [0.5, 0.6) is 11.5 Å². The second-order valence-electron chi connectivity index (χ2n) is 8.36. The molecule has 34 heavy (non-hydrogen) atoms. The minimum Gasteiger partial charge on any atom is -0.486 e. The van der Waals surface area contributed by atoms with Crippen molar-refractivity contribution < 1.29 is 14.3 Å². The van der Waals surface area contributed by atoms with Gasteiger partial charge in [0.05, 0.1) is 5.75 Å². The monoisotopic (exact) mass is 474 g/mol. The quantitative estimate of drug-likeness (QED) is 0.288. The number of carbonyl (C=O) groups excluding carboxylic acids is 1. The van der Waals surface area contributed by atoms with E-state index in [0.29, 0.717) is 23.9 Å². The maximum atomic E-state index is 13.2. The van der Waals surface area contributed by atoms with Crippen LogP contribution >= 0.6 is 11.8 Å². The second-order valence-corrected chi connectivity index (χ2v) is 9.31. The summed E-state index contributed by atoms with van der Waals surface area (Å²) in [7, 11) is 0. The zero-order valence-corrected chi connectivity index (χ0v) is 20.5. The number of carbonyl (C=O) groups is 1. The Kier molecular flexibility index (Phi) is 5.91. The summed E-state index contributed by atoms with van der Waals surface area (Å²) < 4.78 is 15.4. The summed E-state index contributed by atoms with van der Waals surface area (Å²) in [4.78, 5) is 13.2. The lowest BCUT2D eigenvalue weighted by atomic mass is 10.2. The number of ketones is 1. The first-order valence-electron chi connectivity index (χ1n) is 11.2. The lowest BCUT2D eigenvalue weighted by Gasteiger charge is -2.20. The fraction of sp³-hybridized carbons (Fsp3) is 0.269. The Bertz CT molecular complexity index is 1390. The molecule has 0 bridgehead atoms. The third-order valence-electron chi connectivity index (χ3n) is 5.90. The van der Waals surface area contributed by atoms with Gasteiger partial charge >= 0.3 is 0 Å². The van der Waals surface area contributed by atoms with Crippen molar-refractivity contribution in [3.8, 4) is 22.9 Å². The van der Waals surface area contributed by atoms with Gasteiger partial charge in [0.25, 0.3) is 0 Å². The normalized spacial score (nSPS) is 12.7. The van der Waals surface area contributed by atoms with Crippen molar-refractivity contribution in [2.45, 2.75) is 32.9 Å². The number of hydrogen-bond donors (Lipinski definition) is 0. The Morgan fingerprint density at radius 1 is 0.912 bits per heavy atom. The van der Waals surface area contributed by atoms with Gasteiger partial charge in [-0.05, 0) is 63.6 Å². The fourth-order valence-electron chi connectivity index (χ4n) is 4.32. The van der Waals surface area contributed by atoms with Crippen molar-refractivity contribution in [1.29, 1.82) is 0 Å². The minimum atomic E-state index is 0.0540. The number of aromatic nitrogens is 4. The third-order valence-corrected chi connectivity index (χ3v) is 6.83. The maximum absolute atomic E-state index is 13.2. The molecule has 0 saturated heterocycles. The van der Waals surface area contributed by atoms with Gasteiger partial charge in [-0.25, -0.2) is 0 Å². The van der Waals surface area contributed by atoms with Gasteiger partial charge in [-0.2, -0.15) is 0 Å². The topological polar surface area (TPSA) is 71.2 Å². The van der Waals surface area contributed by atoms with E-state index in [9.17, 15) is 4.79 Å². The van der Waals surface area contributed by atoms with Gasteiger partial charge in [-0.15, -0.1) is 10.2 Å². The first kappa shape index (κ1) is 22.3. The summed E-state index contributed by atoms with van der Waals surface area (Å²) in [6.45, 7) is 9.04. The number of hydrogen-bond acceptors (Lipinski definition) is 6. The standard InChI is InChI=1S/C26H26N4O3S/c1-16-6-5-7-20(12-16)30-19(4)27-28-26(30)34-15-23(31)22-13-17(2)29(18(22)3)21-8-9-24-25(14-21)33-11-10-32-24/h5-9,12-14H,10-11,15H2,1-4H3. The van der Waals surface area contributed by atoms with Crippen LogP contribution in [-0.2, 0) is 0 Å². The Balaban J connectivity index is 1.38. The van der Waals surface area contributed by atoms with Gasteiger partial charge in [0, 0.05) is 34.4 Å². The van der Waals surface area contributed by atoms with Crippen molar-refractivity contribution in [2.75, 3.05) is 19.0 Å². The first-order valence-corrected chi connectivity index (χ1v) is 12.1. The predicted octanol–water partition coefficient (Wildman–Crippen LogP) is 5.04. The van der Waals surface area contributed by atoms with Crippen LogP contribution in [0.3, 0.4) is 0 Å². The molecular weight excluding hydrogens is 448 g/mol. The Labute approximate surface area is 202 Å². The zero-order chi connectivity index (χ0) is 23.8. The number of rotatable bonds is 6. The van der Waals surface area contributed by atoms with E-state index in [0.717, 1.165) is 45.6 Å². The van der Waals surface area contributed by atoms with E-state index in [-0.39, 0.29) is 11.5 Å². The summed E-state index contributed by atoms with van der Waals surface area (Å²) >= 11 is 1.40. The molecule has 8 heteroatoms. The van der Waals surface area contributed by atoms with Gasteiger partial charge in [-0.3, -0.25) is 9.36 Å². The number of ether oxygens (including phenoxy) is 2. The molecule has 5 rings (SSSR count). The summed E-state index contributed by atoms with van der Waals surface area (Å²) in [5.41, 5.74) is 5.69. The SMILES string of the molecule is Cc1cccc(-n2c(C)nnc2SCC(=O)c2cc(C)n(-c3ccc4c(c3)OCCO4)c2C)c1. The fourth-order valence-corrected chi connectivity index (χ4v) is 5.20. The molecule has 2 aromatic heterocycles. The van der Waals surface area contributed by atoms with Gasteiger partial charge in [0.15, 0.2) is 22.4 Å².